The van der Waals surface area contributed by atoms with Crippen LogP contribution >= 0.6 is 0 Å². The minimum Gasteiger partial charge on any atom is -0.495 e. The van der Waals surface area contributed by atoms with Gasteiger partial charge < -0.3 is 14.5 Å². The van der Waals surface area contributed by atoms with Crippen LogP contribution < -0.4 is 14.5 Å². The molecule has 3 heterocycles. The second kappa shape index (κ2) is 9.64. The molecule has 5 rings (SSSR count). The Kier molecular flexibility index (Phi) is 6.51. The van der Waals surface area contributed by atoms with Gasteiger partial charge in [0.15, 0.2) is 5.82 Å². The molecule has 2 aliphatic heterocycles. The number of aryl methyl sites for hydroxylation is 2. The maximum atomic E-state index is 13.8. The van der Waals surface area contributed by atoms with Crippen molar-refractivity contribution in [2.45, 2.75) is 45.1 Å². The highest BCUT2D eigenvalue weighted by molar-refractivity contribution is 5.94. The SMILES string of the molecule is COc1cccc(C)c1N1CCC(N2Cc3cn(C)nc3N(Cc3ccccc3C(F)(F)F)C2=O)CC1. The van der Waals surface area contributed by atoms with Crippen LogP contribution in [0.15, 0.2) is 48.7 Å². The van der Waals surface area contributed by atoms with Gasteiger partial charge in [-0.3, -0.25) is 9.58 Å². The first-order chi connectivity index (χ1) is 17.7. The monoisotopic (exact) mass is 513 g/mol. The number of para-hydroxylation sites is 1. The Bertz CT molecular complexity index is 1300. The predicted molar refractivity (Wildman–Crippen MR) is 135 cm³/mol. The Morgan fingerprint density at radius 1 is 1.08 bits per heavy atom. The summed E-state index contributed by atoms with van der Waals surface area (Å²) in [5, 5.41) is 4.42. The lowest BCUT2D eigenvalue weighted by atomic mass is 9.99. The highest BCUT2D eigenvalue weighted by atomic mass is 19.4. The summed E-state index contributed by atoms with van der Waals surface area (Å²) < 4.78 is 48.2. The van der Waals surface area contributed by atoms with Crippen molar-refractivity contribution >= 4 is 17.5 Å². The number of rotatable bonds is 5. The fraction of sp³-hybridized carbons (Fsp3) is 0.407. The van der Waals surface area contributed by atoms with Crippen LogP contribution in [0.25, 0.3) is 0 Å². The van der Waals surface area contributed by atoms with Gasteiger partial charge in [-0.2, -0.15) is 18.3 Å². The van der Waals surface area contributed by atoms with Crippen LogP contribution in [-0.2, 0) is 26.3 Å². The van der Waals surface area contributed by atoms with Crippen molar-refractivity contribution in [2.24, 2.45) is 7.05 Å². The van der Waals surface area contributed by atoms with Crippen LogP contribution in [0.2, 0.25) is 0 Å². The van der Waals surface area contributed by atoms with Gasteiger partial charge in [-0.1, -0.05) is 30.3 Å². The first kappa shape index (κ1) is 25.0. The molecule has 3 aromatic rings. The third kappa shape index (κ3) is 4.72. The van der Waals surface area contributed by atoms with Gasteiger partial charge in [-0.25, -0.2) is 4.79 Å². The highest BCUT2D eigenvalue weighted by Gasteiger charge is 2.40. The van der Waals surface area contributed by atoms with E-state index in [1.165, 1.54) is 17.0 Å². The molecule has 1 fully saturated rings. The number of piperidine rings is 1. The average molecular weight is 514 g/mol. The lowest BCUT2D eigenvalue weighted by Crippen LogP contribution is -2.54. The lowest BCUT2D eigenvalue weighted by molar-refractivity contribution is -0.138. The zero-order chi connectivity index (χ0) is 26.3. The van der Waals surface area contributed by atoms with Crippen LogP contribution in [0.3, 0.4) is 0 Å². The Hall–Kier alpha value is -3.69. The third-order valence-corrected chi connectivity index (χ3v) is 7.25. The number of aromatic nitrogens is 2. The maximum Gasteiger partial charge on any atom is 0.416 e. The van der Waals surface area contributed by atoms with Gasteiger partial charge in [-0.15, -0.1) is 0 Å². The van der Waals surface area contributed by atoms with Gasteiger partial charge in [-0.05, 0) is 43.0 Å². The summed E-state index contributed by atoms with van der Waals surface area (Å²) in [6.07, 6.45) is -1.19. The molecular formula is C27H30F3N5O2. The molecule has 196 valence electrons. The number of alkyl halides is 3. The topological polar surface area (TPSA) is 53.8 Å². The summed E-state index contributed by atoms with van der Waals surface area (Å²) in [6.45, 7) is 3.73. The molecule has 10 heteroatoms. The molecule has 1 saturated heterocycles. The molecule has 1 aromatic heterocycles. The summed E-state index contributed by atoms with van der Waals surface area (Å²) in [7, 11) is 3.41. The Morgan fingerprint density at radius 3 is 2.51 bits per heavy atom. The number of fused-ring (bicyclic) bond motifs is 1. The van der Waals surface area contributed by atoms with E-state index >= 15 is 0 Å². The molecular weight excluding hydrogens is 483 g/mol. The molecule has 0 bridgehead atoms. The van der Waals surface area contributed by atoms with Crippen molar-refractivity contribution in [3.05, 3.63) is 70.9 Å². The fourth-order valence-electron chi connectivity index (χ4n) is 5.50. The van der Waals surface area contributed by atoms with E-state index in [9.17, 15) is 18.0 Å². The molecule has 0 radical (unpaired) electrons. The van der Waals surface area contributed by atoms with Crippen LogP contribution in [0.4, 0.5) is 29.5 Å². The number of amides is 2. The van der Waals surface area contributed by atoms with E-state index in [0.29, 0.717) is 12.4 Å². The van der Waals surface area contributed by atoms with Crippen molar-refractivity contribution in [1.29, 1.82) is 0 Å². The summed E-state index contributed by atoms with van der Waals surface area (Å²) in [5.74, 6) is 1.24. The van der Waals surface area contributed by atoms with E-state index in [1.54, 1.807) is 29.8 Å². The number of benzene rings is 2. The van der Waals surface area contributed by atoms with Gasteiger partial charge in [0.2, 0.25) is 0 Å². The number of hydrogen-bond acceptors (Lipinski definition) is 4. The molecule has 0 N–H and O–H groups in total. The number of methoxy groups -OCH3 is 1. The minimum absolute atomic E-state index is 0.0347. The minimum atomic E-state index is -4.51. The molecule has 0 unspecified atom stereocenters. The van der Waals surface area contributed by atoms with Crippen molar-refractivity contribution in [3.63, 3.8) is 0 Å². The van der Waals surface area contributed by atoms with Crippen LogP contribution in [0, 0.1) is 6.92 Å². The molecule has 2 aromatic carbocycles. The van der Waals surface area contributed by atoms with Gasteiger partial charge in [0, 0.05) is 37.9 Å². The number of nitrogens with zero attached hydrogens (tertiary/aromatic N) is 5. The highest BCUT2D eigenvalue weighted by Crippen LogP contribution is 2.38. The zero-order valence-corrected chi connectivity index (χ0v) is 21.1. The summed E-state index contributed by atoms with van der Waals surface area (Å²) in [4.78, 5) is 19.2. The van der Waals surface area contributed by atoms with E-state index in [0.717, 1.165) is 54.6 Å². The quantitative estimate of drug-likeness (QED) is 0.461. The largest absolute Gasteiger partial charge is 0.495 e. The average Bonchev–Trinajstić information content (AvgIpc) is 3.25. The number of halogens is 3. The van der Waals surface area contributed by atoms with Crippen molar-refractivity contribution in [2.75, 3.05) is 30.0 Å². The predicted octanol–water partition coefficient (Wildman–Crippen LogP) is 5.37. The number of anilines is 2. The standard InChI is InChI=1S/C27H30F3N5O2/c1-18-7-6-10-23(37-3)24(18)33-13-11-21(12-14-33)34-17-20-15-32(2)31-25(20)35(26(34)36)16-19-8-4-5-9-22(19)27(28,29)30/h4-10,15,21H,11-14,16-17H2,1-3H3. The Balaban J connectivity index is 1.39. The molecule has 0 atom stereocenters. The van der Waals surface area contributed by atoms with E-state index in [-0.39, 0.29) is 24.2 Å². The summed E-state index contributed by atoms with van der Waals surface area (Å²) in [6, 6.07) is 11.0. The number of carbonyl (C=O) groups excluding carboxylic acids is 1. The fourth-order valence-corrected chi connectivity index (χ4v) is 5.50. The van der Waals surface area contributed by atoms with Crippen LogP contribution in [0.1, 0.15) is 35.1 Å². The second-order valence-corrected chi connectivity index (χ2v) is 9.65. The number of ether oxygens (including phenoxy) is 1. The molecule has 0 spiro atoms. The normalized spacial score (nSPS) is 16.8. The molecule has 0 aliphatic carbocycles. The van der Waals surface area contributed by atoms with Crippen LogP contribution in [-0.4, -0.2) is 47.0 Å². The molecule has 7 nitrogen and oxygen atoms in total. The van der Waals surface area contributed by atoms with E-state index in [4.69, 9.17) is 4.74 Å². The number of urea groups is 1. The Morgan fingerprint density at radius 2 is 1.81 bits per heavy atom. The van der Waals surface area contributed by atoms with Crippen molar-refractivity contribution in [1.82, 2.24) is 14.7 Å². The summed E-state index contributed by atoms with van der Waals surface area (Å²) >= 11 is 0. The molecule has 2 aliphatic rings. The van der Waals surface area contributed by atoms with Gasteiger partial charge >= 0.3 is 12.2 Å². The van der Waals surface area contributed by atoms with Gasteiger partial charge in [0.25, 0.3) is 0 Å². The van der Waals surface area contributed by atoms with E-state index in [1.807, 2.05) is 18.3 Å². The number of carbonyl (C=O) groups is 1. The zero-order valence-electron chi connectivity index (χ0n) is 21.1. The van der Waals surface area contributed by atoms with Crippen molar-refractivity contribution in [3.8, 4) is 5.75 Å². The smallest absolute Gasteiger partial charge is 0.416 e. The second-order valence-electron chi connectivity index (χ2n) is 9.65. The van der Waals surface area contributed by atoms with Crippen molar-refractivity contribution < 1.29 is 22.7 Å². The first-order valence-electron chi connectivity index (χ1n) is 12.3. The third-order valence-electron chi connectivity index (χ3n) is 7.25. The van der Waals surface area contributed by atoms with Gasteiger partial charge in [0.05, 0.1) is 31.5 Å². The van der Waals surface area contributed by atoms with E-state index < -0.39 is 11.7 Å². The Labute approximate surface area is 214 Å². The molecule has 0 saturated carbocycles. The number of hydrogen-bond donors (Lipinski definition) is 0. The maximum absolute atomic E-state index is 13.8. The van der Waals surface area contributed by atoms with Crippen LogP contribution in [0.5, 0.6) is 5.75 Å². The molecule has 2 amide bonds. The summed E-state index contributed by atoms with van der Waals surface area (Å²) in [5.41, 5.74) is 2.32. The lowest BCUT2D eigenvalue weighted by Gasteiger charge is -2.43. The van der Waals surface area contributed by atoms with Gasteiger partial charge in [0.1, 0.15) is 5.75 Å². The molecule has 37 heavy (non-hydrogen) atoms. The first-order valence-corrected chi connectivity index (χ1v) is 12.3. The van der Waals surface area contributed by atoms with E-state index in [2.05, 4.69) is 23.0 Å².